The molecule has 0 N–H and O–H groups in total. The molecule has 1 aliphatic heterocycles. The maximum atomic E-state index is 11.2. The van der Waals surface area contributed by atoms with Crippen molar-refractivity contribution < 1.29 is 14.3 Å². The molecule has 0 aliphatic carbocycles. The summed E-state index contributed by atoms with van der Waals surface area (Å²) >= 11 is 0. The van der Waals surface area contributed by atoms with Gasteiger partial charge in [-0.3, -0.25) is 4.79 Å². The van der Waals surface area contributed by atoms with E-state index in [2.05, 4.69) is 13.8 Å². The van der Waals surface area contributed by atoms with Crippen molar-refractivity contribution in [2.45, 2.75) is 20.8 Å². The Balaban J connectivity index is 2.32. The van der Waals surface area contributed by atoms with E-state index in [-0.39, 0.29) is 11.2 Å². The van der Waals surface area contributed by atoms with E-state index >= 15 is 0 Å². The van der Waals surface area contributed by atoms with Gasteiger partial charge in [0.2, 0.25) is 0 Å². The van der Waals surface area contributed by atoms with Crippen LogP contribution in [0.2, 0.25) is 0 Å². The van der Waals surface area contributed by atoms with E-state index < -0.39 is 0 Å². The number of carbonyl (C=O) groups excluding carboxylic acids is 1. The largest absolute Gasteiger partial charge is 0.489 e. The van der Waals surface area contributed by atoms with E-state index in [4.69, 9.17) is 9.47 Å². The smallest absolute Gasteiger partial charge is 0.161 e. The van der Waals surface area contributed by atoms with Crippen molar-refractivity contribution in [2.24, 2.45) is 5.41 Å². The van der Waals surface area contributed by atoms with E-state index in [1.54, 1.807) is 25.1 Å². The number of Topliss-reactive ketones (excluding diaryl/α,β-unsaturated/α-hetero) is 1. The fourth-order valence-electron chi connectivity index (χ4n) is 1.55. The average molecular weight is 220 g/mol. The molecule has 0 saturated heterocycles. The normalized spacial score (nSPS) is 17.7. The topological polar surface area (TPSA) is 35.5 Å². The third-order valence-electron chi connectivity index (χ3n) is 2.59. The van der Waals surface area contributed by atoms with Gasteiger partial charge in [-0.1, -0.05) is 13.8 Å². The second-order valence-electron chi connectivity index (χ2n) is 4.96. The van der Waals surface area contributed by atoms with Gasteiger partial charge in [-0.15, -0.1) is 0 Å². The van der Waals surface area contributed by atoms with Gasteiger partial charge in [-0.2, -0.15) is 0 Å². The molecule has 1 heterocycles. The average Bonchev–Trinajstić information content (AvgIpc) is 2.38. The van der Waals surface area contributed by atoms with Crippen LogP contribution in [0.25, 0.3) is 0 Å². The summed E-state index contributed by atoms with van der Waals surface area (Å²) in [6.07, 6.45) is 0. The summed E-state index contributed by atoms with van der Waals surface area (Å²) in [5.74, 6) is 1.42. The summed E-state index contributed by atoms with van der Waals surface area (Å²) in [5, 5.41) is 0. The second-order valence-corrected chi connectivity index (χ2v) is 4.96. The lowest BCUT2D eigenvalue weighted by Gasteiger charge is -2.19. The van der Waals surface area contributed by atoms with Crippen molar-refractivity contribution in [1.29, 1.82) is 0 Å². The van der Waals surface area contributed by atoms with E-state index in [1.807, 2.05) is 0 Å². The molecule has 1 aromatic carbocycles. The number of fused-ring (bicyclic) bond motifs is 1. The zero-order valence-corrected chi connectivity index (χ0v) is 9.87. The van der Waals surface area contributed by atoms with Crippen LogP contribution in [-0.4, -0.2) is 19.0 Å². The molecule has 1 aromatic rings. The molecule has 0 saturated carbocycles. The van der Waals surface area contributed by atoms with Crippen molar-refractivity contribution in [2.75, 3.05) is 13.2 Å². The van der Waals surface area contributed by atoms with Gasteiger partial charge in [0.05, 0.1) is 13.2 Å². The lowest BCUT2D eigenvalue weighted by molar-refractivity contribution is 0.101. The Morgan fingerprint density at radius 3 is 2.44 bits per heavy atom. The number of ketones is 1. The fourth-order valence-corrected chi connectivity index (χ4v) is 1.55. The molecule has 0 radical (unpaired) electrons. The third-order valence-corrected chi connectivity index (χ3v) is 2.59. The van der Waals surface area contributed by atoms with Crippen LogP contribution in [0.15, 0.2) is 18.2 Å². The number of rotatable bonds is 1. The summed E-state index contributed by atoms with van der Waals surface area (Å²) in [5.41, 5.74) is 0.650. The first-order valence-corrected chi connectivity index (χ1v) is 5.38. The van der Waals surface area contributed by atoms with Crippen LogP contribution >= 0.6 is 0 Å². The molecule has 0 spiro atoms. The van der Waals surface area contributed by atoms with Gasteiger partial charge in [-0.25, -0.2) is 0 Å². The first-order valence-electron chi connectivity index (χ1n) is 5.38. The fraction of sp³-hybridized carbons (Fsp3) is 0.462. The standard InChI is InChI=1S/C13H16O3/c1-9(14)10-4-5-11-12(6-10)16-8-13(2,3)7-15-11/h4-6H,7-8H2,1-3H3. The minimum atomic E-state index is -0.00456. The van der Waals surface area contributed by atoms with Crippen LogP contribution in [0.3, 0.4) is 0 Å². The number of hydrogen-bond donors (Lipinski definition) is 0. The second kappa shape index (κ2) is 3.81. The zero-order valence-electron chi connectivity index (χ0n) is 9.87. The van der Waals surface area contributed by atoms with Gasteiger partial charge < -0.3 is 9.47 Å². The van der Waals surface area contributed by atoms with E-state index in [1.165, 1.54) is 0 Å². The summed E-state index contributed by atoms with van der Waals surface area (Å²) < 4.78 is 11.3. The van der Waals surface area contributed by atoms with E-state index in [0.29, 0.717) is 24.5 Å². The molecule has 2 rings (SSSR count). The molecule has 1 aliphatic rings. The highest BCUT2D eigenvalue weighted by molar-refractivity contribution is 5.94. The molecule has 0 aromatic heterocycles. The Kier molecular flexibility index (Phi) is 2.62. The molecule has 16 heavy (non-hydrogen) atoms. The summed E-state index contributed by atoms with van der Waals surface area (Å²) in [6, 6.07) is 5.31. The van der Waals surface area contributed by atoms with Gasteiger partial charge in [0.15, 0.2) is 17.3 Å². The van der Waals surface area contributed by atoms with Crippen molar-refractivity contribution in [1.82, 2.24) is 0 Å². The first-order chi connectivity index (χ1) is 7.48. The van der Waals surface area contributed by atoms with Crippen LogP contribution in [0.1, 0.15) is 31.1 Å². The van der Waals surface area contributed by atoms with Crippen molar-refractivity contribution in [3.8, 4) is 11.5 Å². The Hall–Kier alpha value is -1.51. The molecule has 3 nitrogen and oxygen atoms in total. The van der Waals surface area contributed by atoms with Crippen LogP contribution in [0, 0.1) is 5.41 Å². The molecular weight excluding hydrogens is 204 g/mol. The quantitative estimate of drug-likeness (QED) is 0.682. The maximum absolute atomic E-state index is 11.2. The van der Waals surface area contributed by atoms with Gasteiger partial charge in [-0.05, 0) is 25.1 Å². The van der Waals surface area contributed by atoms with Gasteiger partial charge in [0, 0.05) is 11.0 Å². The minimum absolute atomic E-state index is 0.00456. The Morgan fingerprint density at radius 2 is 1.81 bits per heavy atom. The molecule has 0 amide bonds. The molecule has 0 fully saturated rings. The minimum Gasteiger partial charge on any atom is -0.489 e. The van der Waals surface area contributed by atoms with Crippen molar-refractivity contribution >= 4 is 5.78 Å². The monoisotopic (exact) mass is 220 g/mol. The summed E-state index contributed by atoms with van der Waals surface area (Å²) in [4.78, 5) is 11.2. The molecule has 3 heteroatoms. The van der Waals surface area contributed by atoms with E-state index in [0.717, 1.165) is 5.75 Å². The van der Waals surface area contributed by atoms with Crippen LogP contribution in [-0.2, 0) is 0 Å². The molecule has 0 atom stereocenters. The maximum Gasteiger partial charge on any atom is 0.161 e. The highest BCUT2D eigenvalue weighted by Gasteiger charge is 2.25. The lowest BCUT2D eigenvalue weighted by atomic mass is 9.97. The molecule has 0 unspecified atom stereocenters. The summed E-state index contributed by atoms with van der Waals surface area (Å²) in [7, 11) is 0. The first kappa shape index (κ1) is 11.0. The van der Waals surface area contributed by atoms with Crippen LogP contribution in [0.4, 0.5) is 0 Å². The van der Waals surface area contributed by atoms with Gasteiger partial charge >= 0.3 is 0 Å². The van der Waals surface area contributed by atoms with Gasteiger partial charge in [0.1, 0.15) is 0 Å². The van der Waals surface area contributed by atoms with Gasteiger partial charge in [0.25, 0.3) is 0 Å². The number of ether oxygens (including phenoxy) is 2. The Morgan fingerprint density at radius 1 is 1.19 bits per heavy atom. The van der Waals surface area contributed by atoms with Crippen molar-refractivity contribution in [3.05, 3.63) is 23.8 Å². The lowest BCUT2D eigenvalue weighted by Crippen LogP contribution is -2.26. The number of hydrogen-bond acceptors (Lipinski definition) is 3. The zero-order chi connectivity index (χ0) is 11.8. The molecular formula is C13H16O3. The third kappa shape index (κ3) is 2.18. The SMILES string of the molecule is CC(=O)c1ccc2c(c1)OCC(C)(C)CO2. The summed E-state index contributed by atoms with van der Waals surface area (Å²) in [6.45, 7) is 6.94. The van der Waals surface area contributed by atoms with Crippen LogP contribution < -0.4 is 9.47 Å². The molecule has 0 bridgehead atoms. The van der Waals surface area contributed by atoms with Crippen molar-refractivity contribution in [3.63, 3.8) is 0 Å². The predicted octanol–water partition coefficient (Wildman–Crippen LogP) is 2.69. The van der Waals surface area contributed by atoms with E-state index in [9.17, 15) is 4.79 Å². The number of carbonyl (C=O) groups is 1. The highest BCUT2D eigenvalue weighted by Crippen LogP contribution is 2.34. The Labute approximate surface area is 95.4 Å². The Bertz CT molecular complexity index is 421. The predicted molar refractivity (Wildman–Crippen MR) is 61.2 cm³/mol. The van der Waals surface area contributed by atoms with Crippen LogP contribution in [0.5, 0.6) is 11.5 Å². The highest BCUT2D eigenvalue weighted by atomic mass is 16.5. The molecule has 86 valence electrons. The number of benzene rings is 1.